The molecule has 0 radical (unpaired) electrons. The molecule has 0 aliphatic heterocycles. The Morgan fingerprint density at radius 1 is 0.452 bits per heavy atom. The van der Waals surface area contributed by atoms with Crippen molar-refractivity contribution in [1.29, 1.82) is 0 Å². The van der Waals surface area contributed by atoms with Crippen LogP contribution in [0.2, 0.25) is 0 Å². The number of aliphatic carboxylic acids is 1. The summed E-state index contributed by atoms with van der Waals surface area (Å²) >= 11 is 0. The summed E-state index contributed by atoms with van der Waals surface area (Å²) in [5, 5.41) is 7.89. The zero-order chi connectivity index (χ0) is 31.4. The molecule has 0 bridgehead atoms. The van der Waals surface area contributed by atoms with Crippen LogP contribution in [0.25, 0.3) is 0 Å². The number of rotatable bonds is 33. The van der Waals surface area contributed by atoms with E-state index < -0.39 is 5.97 Å². The molecule has 0 spiro atoms. The molecule has 0 aliphatic carbocycles. The predicted octanol–water partition coefficient (Wildman–Crippen LogP) is 14.8. The first kappa shape index (κ1) is 43.3. The van der Waals surface area contributed by atoms with Crippen molar-refractivity contribution >= 4 is 5.97 Å². The third-order valence-electron chi connectivity index (χ3n) is 8.97. The quantitative estimate of drug-likeness (QED) is 0.0608. The van der Waals surface area contributed by atoms with Gasteiger partial charge < -0.3 is 5.11 Å². The maximum atomic E-state index is 9.60. The van der Waals surface area contributed by atoms with E-state index in [0.717, 1.165) is 5.92 Å². The lowest BCUT2D eigenvalue weighted by molar-refractivity contribution is -0.132. The molecule has 1 atom stereocenters. The standard InChI is InChI=1S/C36H74.C4H6O2/c1-4-6-8-10-12-14-16-18-20-21-23-25-27-29-31-33-35-36(3)34-32-30-28-26-24-22-19-17-15-13-11-9-7-5-2;1-3(2)4(5)6/h36H,4-35H2,1-3H3;1H2,2H3,(H,5,6). The lowest BCUT2D eigenvalue weighted by Gasteiger charge is -2.11. The van der Waals surface area contributed by atoms with E-state index in [2.05, 4.69) is 27.4 Å². The van der Waals surface area contributed by atoms with E-state index in [0.29, 0.717) is 0 Å². The lowest BCUT2D eigenvalue weighted by Crippen LogP contribution is -1.95. The maximum absolute atomic E-state index is 9.60. The van der Waals surface area contributed by atoms with Gasteiger partial charge in [0.05, 0.1) is 0 Å². The van der Waals surface area contributed by atoms with Crippen molar-refractivity contribution in [3.63, 3.8) is 0 Å². The molecule has 0 aliphatic rings. The third-order valence-corrected chi connectivity index (χ3v) is 8.97. The molecule has 0 saturated carbocycles. The van der Waals surface area contributed by atoms with Crippen molar-refractivity contribution in [2.45, 2.75) is 233 Å². The summed E-state index contributed by atoms with van der Waals surface area (Å²) < 4.78 is 0. The van der Waals surface area contributed by atoms with Crippen molar-refractivity contribution < 1.29 is 9.90 Å². The van der Waals surface area contributed by atoms with E-state index in [1.54, 1.807) is 0 Å². The number of carboxylic acid groups (broad SMARTS) is 1. The molecule has 0 saturated heterocycles. The summed E-state index contributed by atoms with van der Waals surface area (Å²) in [6, 6.07) is 0. The molecule has 2 nitrogen and oxygen atoms in total. The maximum Gasteiger partial charge on any atom is 0.330 e. The van der Waals surface area contributed by atoms with E-state index >= 15 is 0 Å². The van der Waals surface area contributed by atoms with Crippen LogP contribution in [0.5, 0.6) is 0 Å². The van der Waals surface area contributed by atoms with Crippen molar-refractivity contribution in [2.24, 2.45) is 5.92 Å². The summed E-state index contributed by atoms with van der Waals surface area (Å²) in [6.45, 7) is 11.7. The number of hydrogen-bond acceptors (Lipinski definition) is 1. The van der Waals surface area contributed by atoms with E-state index in [1.807, 2.05) is 0 Å². The minimum atomic E-state index is -0.935. The number of unbranched alkanes of at least 4 members (excludes halogenated alkanes) is 28. The van der Waals surface area contributed by atoms with Crippen LogP contribution in [-0.2, 0) is 4.79 Å². The molecule has 1 N–H and O–H groups in total. The molecule has 0 aromatic carbocycles. The van der Waals surface area contributed by atoms with E-state index in [4.69, 9.17) is 5.11 Å². The van der Waals surface area contributed by atoms with Crippen LogP contribution in [0, 0.1) is 5.92 Å². The fourth-order valence-corrected chi connectivity index (χ4v) is 5.87. The van der Waals surface area contributed by atoms with Gasteiger partial charge in [0.25, 0.3) is 0 Å². The van der Waals surface area contributed by atoms with Gasteiger partial charge in [-0.05, 0) is 12.8 Å². The highest BCUT2D eigenvalue weighted by Crippen LogP contribution is 2.20. The summed E-state index contributed by atoms with van der Waals surface area (Å²) in [4.78, 5) is 9.60. The van der Waals surface area contributed by atoms with Gasteiger partial charge in [0, 0.05) is 5.57 Å². The topological polar surface area (TPSA) is 37.3 Å². The van der Waals surface area contributed by atoms with Crippen LogP contribution in [0.15, 0.2) is 12.2 Å². The Bertz CT molecular complexity index is 514. The predicted molar refractivity (Wildman–Crippen MR) is 191 cm³/mol. The second kappa shape index (κ2) is 38.2. The number of hydrogen-bond donors (Lipinski definition) is 1. The second-order valence-electron chi connectivity index (χ2n) is 13.7. The zero-order valence-electron chi connectivity index (χ0n) is 29.8. The van der Waals surface area contributed by atoms with Gasteiger partial charge in [0.2, 0.25) is 0 Å². The first-order chi connectivity index (χ1) is 20.5. The SMILES string of the molecule is C=C(C)C(=O)O.CCCCCCCCCCCCCCCCCCC(C)CCCCCCCCCCCCCCCC. The molecule has 1 unspecified atom stereocenters. The normalized spacial score (nSPS) is 11.7. The second-order valence-corrected chi connectivity index (χ2v) is 13.7. The Hall–Kier alpha value is -0.790. The molecule has 0 heterocycles. The molecular formula is C40H80O2. The molecule has 0 aromatic rings. The Balaban J connectivity index is 0. The van der Waals surface area contributed by atoms with Crippen LogP contribution < -0.4 is 0 Å². The van der Waals surface area contributed by atoms with Gasteiger partial charge >= 0.3 is 5.97 Å². The Labute approximate surface area is 266 Å². The minimum Gasteiger partial charge on any atom is -0.478 e. The molecule has 42 heavy (non-hydrogen) atoms. The van der Waals surface area contributed by atoms with Gasteiger partial charge in [-0.2, -0.15) is 0 Å². The largest absolute Gasteiger partial charge is 0.478 e. The van der Waals surface area contributed by atoms with Crippen LogP contribution in [-0.4, -0.2) is 11.1 Å². The van der Waals surface area contributed by atoms with Gasteiger partial charge in [-0.3, -0.25) is 0 Å². The average Bonchev–Trinajstić information content (AvgIpc) is 2.97. The van der Waals surface area contributed by atoms with Crippen LogP contribution in [0.4, 0.5) is 0 Å². The van der Waals surface area contributed by atoms with Crippen LogP contribution in [0.3, 0.4) is 0 Å². The molecule has 0 fully saturated rings. The average molecular weight is 593 g/mol. The van der Waals surface area contributed by atoms with Crippen molar-refractivity contribution in [1.82, 2.24) is 0 Å². The summed E-state index contributed by atoms with van der Waals surface area (Å²) in [6.07, 6.45) is 47.2. The highest BCUT2D eigenvalue weighted by molar-refractivity contribution is 5.84. The van der Waals surface area contributed by atoms with Crippen molar-refractivity contribution in [3.8, 4) is 0 Å². The first-order valence-electron chi connectivity index (χ1n) is 19.3. The summed E-state index contributed by atoms with van der Waals surface area (Å²) in [5.74, 6) is 0.0315. The number of carboxylic acids is 1. The zero-order valence-corrected chi connectivity index (χ0v) is 29.8. The van der Waals surface area contributed by atoms with Gasteiger partial charge in [0.15, 0.2) is 0 Å². The fraction of sp³-hybridized carbons (Fsp3) is 0.925. The third kappa shape index (κ3) is 41.3. The Kier molecular flexibility index (Phi) is 39.5. The molecular weight excluding hydrogens is 512 g/mol. The molecule has 0 rings (SSSR count). The van der Waals surface area contributed by atoms with E-state index in [-0.39, 0.29) is 5.57 Å². The van der Waals surface area contributed by atoms with E-state index in [1.165, 1.54) is 212 Å². The molecule has 2 heteroatoms. The van der Waals surface area contributed by atoms with Crippen LogP contribution >= 0.6 is 0 Å². The Morgan fingerprint density at radius 2 is 0.619 bits per heavy atom. The van der Waals surface area contributed by atoms with Crippen molar-refractivity contribution in [3.05, 3.63) is 12.2 Å². The van der Waals surface area contributed by atoms with Gasteiger partial charge in [-0.15, -0.1) is 0 Å². The number of carbonyl (C=O) groups is 1. The highest BCUT2D eigenvalue weighted by atomic mass is 16.4. The molecule has 0 amide bonds. The van der Waals surface area contributed by atoms with Crippen LogP contribution in [0.1, 0.15) is 233 Å². The summed E-state index contributed by atoms with van der Waals surface area (Å²) in [7, 11) is 0. The smallest absolute Gasteiger partial charge is 0.330 e. The fourth-order valence-electron chi connectivity index (χ4n) is 5.87. The minimum absolute atomic E-state index is 0.176. The van der Waals surface area contributed by atoms with Gasteiger partial charge in [-0.25, -0.2) is 4.79 Å². The van der Waals surface area contributed by atoms with Crippen molar-refractivity contribution in [2.75, 3.05) is 0 Å². The molecule has 0 aromatic heterocycles. The lowest BCUT2D eigenvalue weighted by atomic mass is 9.95. The molecule has 252 valence electrons. The first-order valence-corrected chi connectivity index (χ1v) is 19.3. The summed E-state index contributed by atoms with van der Waals surface area (Å²) in [5.41, 5.74) is 0.176. The van der Waals surface area contributed by atoms with Gasteiger partial charge in [0.1, 0.15) is 0 Å². The Morgan fingerprint density at radius 3 is 0.786 bits per heavy atom. The van der Waals surface area contributed by atoms with E-state index in [9.17, 15) is 4.79 Å². The van der Waals surface area contributed by atoms with Gasteiger partial charge in [-0.1, -0.05) is 233 Å². The monoisotopic (exact) mass is 593 g/mol. The highest BCUT2D eigenvalue weighted by Gasteiger charge is 2.02.